The fourth-order valence-electron chi connectivity index (χ4n) is 4.16. The van der Waals surface area contributed by atoms with Gasteiger partial charge in [-0.05, 0) is 61.3 Å². The third-order valence-corrected chi connectivity index (χ3v) is 7.85. The van der Waals surface area contributed by atoms with Gasteiger partial charge in [-0.25, -0.2) is 0 Å². The second-order valence-corrected chi connectivity index (χ2v) is 10.2. The molecule has 1 saturated carbocycles. The van der Waals surface area contributed by atoms with Crippen molar-refractivity contribution in [3.8, 4) is 0 Å². The molecule has 0 spiro atoms. The van der Waals surface area contributed by atoms with E-state index in [-0.39, 0.29) is 17.9 Å². The van der Waals surface area contributed by atoms with Crippen LogP contribution in [0.1, 0.15) is 29.7 Å². The standard InChI is InChI=1S/C22H25Cl2N3OS.CHF3/c1-27(22(28)14-8-18(9-14)29-2)12-16-5-4-15(11-25-16)26-17-7-13-3-6-20(23)21(24)19(13)10-17;2-1(3)4/h3-6,11,14,17-18,26H,7-10,12H2,1-2H3;1H. The predicted octanol–water partition coefficient (Wildman–Crippen LogP) is 6.25. The summed E-state index contributed by atoms with van der Waals surface area (Å²) in [7, 11) is 1.87. The number of thioether (sulfide) groups is 1. The quantitative estimate of drug-likeness (QED) is 0.490. The third kappa shape index (κ3) is 6.93. The van der Waals surface area contributed by atoms with Crippen molar-refractivity contribution < 1.29 is 18.0 Å². The van der Waals surface area contributed by atoms with Crippen LogP contribution >= 0.6 is 35.0 Å². The van der Waals surface area contributed by atoms with Gasteiger partial charge in [-0.15, -0.1) is 0 Å². The van der Waals surface area contributed by atoms with Crippen LogP contribution in [0.25, 0.3) is 0 Å². The van der Waals surface area contributed by atoms with Crippen LogP contribution in [0.15, 0.2) is 30.5 Å². The Morgan fingerprint density at radius 2 is 1.91 bits per heavy atom. The van der Waals surface area contributed by atoms with Crippen molar-refractivity contribution in [1.82, 2.24) is 9.88 Å². The molecule has 180 valence electrons. The van der Waals surface area contributed by atoms with E-state index in [2.05, 4.69) is 22.6 Å². The molecule has 2 aliphatic rings. The van der Waals surface area contributed by atoms with E-state index in [0.717, 1.165) is 42.6 Å². The minimum absolute atomic E-state index is 0.183. The highest BCUT2D eigenvalue weighted by Gasteiger charge is 2.35. The van der Waals surface area contributed by atoms with Crippen LogP contribution in [0.3, 0.4) is 0 Å². The van der Waals surface area contributed by atoms with E-state index in [9.17, 15) is 18.0 Å². The van der Waals surface area contributed by atoms with Crippen molar-refractivity contribution in [2.24, 2.45) is 5.92 Å². The molecule has 0 radical (unpaired) electrons. The van der Waals surface area contributed by atoms with Gasteiger partial charge in [-0.3, -0.25) is 9.78 Å². The summed E-state index contributed by atoms with van der Waals surface area (Å²) in [5.74, 6) is 0.418. The van der Waals surface area contributed by atoms with Crippen LogP contribution < -0.4 is 5.32 Å². The summed E-state index contributed by atoms with van der Waals surface area (Å²) in [6, 6.07) is 8.22. The lowest BCUT2D eigenvalue weighted by Gasteiger charge is -2.35. The Morgan fingerprint density at radius 1 is 1.21 bits per heavy atom. The molecule has 0 bridgehead atoms. The van der Waals surface area contributed by atoms with Crippen LogP contribution in [0.2, 0.25) is 10.0 Å². The second-order valence-electron chi connectivity index (χ2n) is 8.25. The average molecular weight is 520 g/mol. The molecule has 4 nitrogen and oxygen atoms in total. The zero-order valence-corrected chi connectivity index (χ0v) is 20.7. The Labute approximate surface area is 206 Å². The maximum absolute atomic E-state index is 12.5. The minimum atomic E-state index is -3.67. The number of nitrogens with zero attached hydrogens (tertiary/aromatic N) is 2. The molecular formula is C23H26Cl2F3N3OS. The molecule has 0 aliphatic heterocycles. The minimum Gasteiger partial charge on any atom is -0.380 e. The van der Waals surface area contributed by atoms with Gasteiger partial charge < -0.3 is 10.2 Å². The number of rotatable bonds is 6. The van der Waals surface area contributed by atoms with E-state index < -0.39 is 6.68 Å². The predicted molar refractivity (Wildman–Crippen MR) is 129 cm³/mol. The van der Waals surface area contributed by atoms with E-state index in [4.69, 9.17) is 23.2 Å². The Balaban J connectivity index is 0.000000709. The summed E-state index contributed by atoms with van der Waals surface area (Å²) < 4.78 is 29.0. The van der Waals surface area contributed by atoms with Crippen LogP contribution in [-0.4, -0.2) is 47.1 Å². The Kier molecular flexibility index (Phi) is 9.18. The number of hydrogen-bond donors (Lipinski definition) is 1. The Bertz CT molecular complexity index is 956. The molecule has 2 aromatic rings. The largest absolute Gasteiger partial charge is 0.380 e. The molecule has 1 aromatic heterocycles. The third-order valence-electron chi connectivity index (χ3n) is 5.96. The lowest BCUT2D eigenvalue weighted by molar-refractivity contribution is -0.137. The summed E-state index contributed by atoms with van der Waals surface area (Å²) in [6.45, 7) is -3.12. The number of anilines is 1. The maximum atomic E-state index is 12.5. The topological polar surface area (TPSA) is 45.2 Å². The van der Waals surface area contributed by atoms with Crippen molar-refractivity contribution in [3.63, 3.8) is 0 Å². The number of nitrogens with one attached hydrogen (secondary N) is 1. The Morgan fingerprint density at radius 3 is 2.52 bits per heavy atom. The number of carbonyl (C=O) groups is 1. The first-order valence-electron chi connectivity index (χ1n) is 10.5. The first kappa shape index (κ1) is 26.0. The number of carbonyl (C=O) groups excluding carboxylic acids is 1. The molecule has 1 heterocycles. The number of aromatic nitrogens is 1. The number of fused-ring (bicyclic) bond motifs is 1. The smallest absolute Gasteiger partial charge is 0.379 e. The maximum Gasteiger partial charge on any atom is 0.379 e. The van der Waals surface area contributed by atoms with Gasteiger partial charge in [-0.2, -0.15) is 24.9 Å². The van der Waals surface area contributed by atoms with E-state index in [1.165, 1.54) is 5.56 Å². The zero-order valence-electron chi connectivity index (χ0n) is 18.3. The molecule has 1 unspecified atom stereocenters. The summed E-state index contributed by atoms with van der Waals surface area (Å²) in [5.41, 5.74) is 4.27. The number of alkyl halides is 3. The fourth-order valence-corrected chi connectivity index (χ4v) is 5.45. The van der Waals surface area contributed by atoms with Gasteiger partial charge in [0, 0.05) is 24.3 Å². The molecule has 1 N–H and O–H groups in total. The number of hydrogen-bond acceptors (Lipinski definition) is 4. The van der Waals surface area contributed by atoms with Gasteiger partial charge in [0.25, 0.3) is 0 Å². The van der Waals surface area contributed by atoms with Gasteiger partial charge in [0.2, 0.25) is 5.91 Å². The highest BCUT2D eigenvalue weighted by atomic mass is 35.5. The van der Waals surface area contributed by atoms with E-state index in [0.29, 0.717) is 21.8 Å². The normalized spacial score (nSPS) is 21.0. The Hall–Kier alpha value is -1.64. The fraction of sp³-hybridized carbons (Fsp3) is 0.478. The highest BCUT2D eigenvalue weighted by Crippen LogP contribution is 2.37. The van der Waals surface area contributed by atoms with E-state index in [1.807, 2.05) is 43.2 Å². The zero-order chi connectivity index (χ0) is 24.1. The van der Waals surface area contributed by atoms with Gasteiger partial charge in [-0.1, -0.05) is 29.3 Å². The van der Waals surface area contributed by atoms with Crippen LogP contribution in [-0.2, 0) is 24.2 Å². The number of amides is 1. The van der Waals surface area contributed by atoms with Crippen molar-refractivity contribution in [2.75, 3.05) is 18.6 Å². The molecule has 1 fully saturated rings. The van der Waals surface area contributed by atoms with E-state index >= 15 is 0 Å². The number of benzene rings is 1. The summed E-state index contributed by atoms with van der Waals surface area (Å²) in [5, 5.41) is 5.47. The summed E-state index contributed by atoms with van der Waals surface area (Å²) >= 11 is 14.3. The lowest BCUT2D eigenvalue weighted by atomic mass is 9.83. The van der Waals surface area contributed by atoms with Crippen molar-refractivity contribution in [3.05, 3.63) is 57.3 Å². The highest BCUT2D eigenvalue weighted by molar-refractivity contribution is 7.99. The first-order valence-corrected chi connectivity index (χ1v) is 12.6. The molecular weight excluding hydrogens is 494 g/mol. The molecule has 10 heteroatoms. The molecule has 1 atom stereocenters. The van der Waals surface area contributed by atoms with Gasteiger partial charge in [0.05, 0.1) is 34.2 Å². The molecule has 1 amide bonds. The van der Waals surface area contributed by atoms with Crippen molar-refractivity contribution in [2.45, 2.75) is 50.2 Å². The molecule has 33 heavy (non-hydrogen) atoms. The first-order chi connectivity index (χ1) is 15.7. The van der Waals surface area contributed by atoms with Crippen molar-refractivity contribution >= 4 is 46.6 Å². The van der Waals surface area contributed by atoms with Crippen LogP contribution in [0.4, 0.5) is 18.9 Å². The van der Waals surface area contributed by atoms with Crippen LogP contribution in [0, 0.1) is 5.92 Å². The monoisotopic (exact) mass is 519 g/mol. The average Bonchev–Trinajstić information content (AvgIpc) is 3.14. The number of halogens is 5. The molecule has 4 rings (SSSR count). The SMILES string of the molecule is CSC1CC(C(=O)N(C)Cc2ccc(NC3Cc4ccc(Cl)c(Cl)c4C3)cn2)C1.FC(F)F. The molecule has 2 aliphatic carbocycles. The lowest BCUT2D eigenvalue weighted by Crippen LogP contribution is -2.40. The van der Waals surface area contributed by atoms with Crippen molar-refractivity contribution in [1.29, 1.82) is 0 Å². The second kappa shape index (κ2) is 11.7. The van der Waals surface area contributed by atoms with Gasteiger partial charge in [0.1, 0.15) is 0 Å². The van der Waals surface area contributed by atoms with E-state index in [1.54, 1.807) is 4.90 Å². The van der Waals surface area contributed by atoms with Gasteiger partial charge in [0.15, 0.2) is 0 Å². The molecule has 1 aromatic carbocycles. The van der Waals surface area contributed by atoms with Gasteiger partial charge >= 0.3 is 6.68 Å². The van der Waals surface area contributed by atoms with Crippen LogP contribution in [0.5, 0.6) is 0 Å². The summed E-state index contributed by atoms with van der Waals surface area (Å²) in [6.07, 6.45) is 7.73. The number of pyridine rings is 1. The molecule has 0 saturated heterocycles. The summed E-state index contributed by atoms with van der Waals surface area (Å²) in [4.78, 5) is 18.9.